The minimum absolute atomic E-state index is 0.107. The highest BCUT2D eigenvalue weighted by Crippen LogP contribution is 2.14. The van der Waals surface area contributed by atoms with Crippen LogP contribution < -0.4 is 5.32 Å². The molecule has 0 aliphatic rings. The first-order valence-electron chi connectivity index (χ1n) is 5.41. The quantitative estimate of drug-likeness (QED) is 0.840. The standard InChI is InChI=1S/C11H16N2O3S/c1-4-6(2)8(11(15)16)13-10(14)9-7(3)12-5-17-9/h5-6,8H,4H2,1-3H3,(H,13,14)(H,15,16)/t6?,8-/m0/s1. The van der Waals surface area contributed by atoms with E-state index in [9.17, 15) is 9.59 Å². The lowest BCUT2D eigenvalue weighted by molar-refractivity contribution is -0.140. The highest BCUT2D eigenvalue weighted by atomic mass is 32.1. The number of thiazole rings is 1. The van der Waals surface area contributed by atoms with Gasteiger partial charge in [-0.15, -0.1) is 11.3 Å². The van der Waals surface area contributed by atoms with Crippen molar-refractivity contribution in [3.8, 4) is 0 Å². The van der Waals surface area contributed by atoms with E-state index in [0.29, 0.717) is 17.0 Å². The average molecular weight is 256 g/mol. The van der Waals surface area contributed by atoms with Crippen LogP contribution in [0.15, 0.2) is 5.51 Å². The molecular formula is C11H16N2O3S. The molecule has 0 aromatic carbocycles. The summed E-state index contributed by atoms with van der Waals surface area (Å²) in [6, 6.07) is -0.853. The predicted molar refractivity (Wildman–Crippen MR) is 65.2 cm³/mol. The summed E-state index contributed by atoms with van der Waals surface area (Å²) in [4.78, 5) is 27.4. The Morgan fingerprint density at radius 3 is 2.65 bits per heavy atom. The second kappa shape index (κ2) is 5.77. The van der Waals surface area contributed by atoms with Gasteiger partial charge >= 0.3 is 5.97 Å². The van der Waals surface area contributed by atoms with Gasteiger partial charge < -0.3 is 10.4 Å². The summed E-state index contributed by atoms with van der Waals surface area (Å²) in [6.07, 6.45) is 0.693. The van der Waals surface area contributed by atoms with Gasteiger partial charge in [0.25, 0.3) is 5.91 Å². The zero-order valence-corrected chi connectivity index (χ0v) is 10.9. The van der Waals surface area contributed by atoms with E-state index in [1.54, 1.807) is 19.4 Å². The Labute approximate surface area is 104 Å². The van der Waals surface area contributed by atoms with Crippen molar-refractivity contribution in [2.75, 3.05) is 0 Å². The molecule has 0 bridgehead atoms. The van der Waals surface area contributed by atoms with Crippen LogP contribution in [0.2, 0.25) is 0 Å². The smallest absolute Gasteiger partial charge is 0.326 e. The molecule has 1 amide bonds. The van der Waals surface area contributed by atoms with Crippen LogP contribution in [0.1, 0.15) is 35.6 Å². The Morgan fingerprint density at radius 1 is 1.59 bits per heavy atom. The van der Waals surface area contributed by atoms with Crippen molar-refractivity contribution in [2.24, 2.45) is 5.92 Å². The number of aromatic nitrogens is 1. The average Bonchev–Trinajstić information content (AvgIpc) is 2.70. The maximum atomic E-state index is 11.9. The molecule has 1 aromatic rings. The number of nitrogens with zero attached hydrogens (tertiary/aromatic N) is 1. The van der Waals surface area contributed by atoms with E-state index in [1.807, 2.05) is 6.92 Å². The third-order valence-corrected chi connectivity index (χ3v) is 3.64. The molecule has 0 fully saturated rings. The van der Waals surface area contributed by atoms with Crippen LogP contribution in [-0.4, -0.2) is 28.0 Å². The summed E-state index contributed by atoms with van der Waals surface area (Å²) in [5, 5.41) is 11.6. The minimum atomic E-state index is -1.00. The van der Waals surface area contributed by atoms with Gasteiger partial charge in [-0.3, -0.25) is 4.79 Å². The number of aliphatic carboxylic acids is 1. The van der Waals surface area contributed by atoms with Crippen molar-refractivity contribution in [2.45, 2.75) is 33.2 Å². The molecule has 2 atom stereocenters. The first kappa shape index (κ1) is 13.6. The van der Waals surface area contributed by atoms with Crippen molar-refractivity contribution in [1.29, 1.82) is 0 Å². The van der Waals surface area contributed by atoms with Gasteiger partial charge in [0.2, 0.25) is 0 Å². The first-order valence-corrected chi connectivity index (χ1v) is 6.29. The molecule has 1 aromatic heterocycles. The Morgan fingerprint density at radius 2 is 2.24 bits per heavy atom. The van der Waals surface area contributed by atoms with E-state index in [4.69, 9.17) is 5.11 Å². The van der Waals surface area contributed by atoms with Crippen molar-refractivity contribution in [1.82, 2.24) is 10.3 Å². The van der Waals surface area contributed by atoms with E-state index >= 15 is 0 Å². The van der Waals surface area contributed by atoms with Gasteiger partial charge in [-0.2, -0.15) is 0 Å². The summed E-state index contributed by atoms with van der Waals surface area (Å²) in [5.74, 6) is -1.47. The fourth-order valence-electron chi connectivity index (χ4n) is 1.41. The van der Waals surface area contributed by atoms with E-state index < -0.39 is 12.0 Å². The molecule has 0 aliphatic heterocycles. The molecular weight excluding hydrogens is 240 g/mol. The third-order valence-electron chi connectivity index (χ3n) is 2.72. The normalized spacial score (nSPS) is 14.1. The maximum Gasteiger partial charge on any atom is 0.326 e. The highest BCUT2D eigenvalue weighted by molar-refractivity contribution is 7.11. The Kier molecular flexibility index (Phi) is 4.62. The molecule has 0 aliphatic carbocycles. The zero-order chi connectivity index (χ0) is 13.0. The number of carboxylic acid groups (broad SMARTS) is 1. The van der Waals surface area contributed by atoms with Gasteiger partial charge in [-0.25, -0.2) is 9.78 Å². The summed E-state index contributed by atoms with van der Waals surface area (Å²) in [7, 11) is 0. The van der Waals surface area contributed by atoms with Gasteiger partial charge in [0.1, 0.15) is 10.9 Å². The lowest BCUT2D eigenvalue weighted by atomic mass is 9.99. The van der Waals surface area contributed by atoms with Gasteiger partial charge in [0, 0.05) is 0 Å². The van der Waals surface area contributed by atoms with Crippen LogP contribution in [-0.2, 0) is 4.79 Å². The first-order chi connectivity index (χ1) is 7.97. The van der Waals surface area contributed by atoms with Crippen LogP contribution >= 0.6 is 11.3 Å². The minimum Gasteiger partial charge on any atom is -0.480 e. The molecule has 17 heavy (non-hydrogen) atoms. The second-order valence-corrected chi connectivity index (χ2v) is 4.80. The van der Waals surface area contributed by atoms with Crippen molar-refractivity contribution < 1.29 is 14.7 Å². The van der Waals surface area contributed by atoms with Crippen molar-refractivity contribution in [3.63, 3.8) is 0 Å². The number of amides is 1. The number of hydrogen-bond acceptors (Lipinski definition) is 4. The van der Waals surface area contributed by atoms with Crippen molar-refractivity contribution >= 4 is 23.2 Å². The molecule has 2 N–H and O–H groups in total. The molecule has 0 spiro atoms. The third kappa shape index (κ3) is 3.26. The molecule has 6 heteroatoms. The summed E-state index contributed by atoms with van der Waals surface area (Å²) >= 11 is 1.21. The van der Waals surface area contributed by atoms with Gasteiger partial charge in [0.15, 0.2) is 0 Å². The van der Waals surface area contributed by atoms with Crippen molar-refractivity contribution in [3.05, 3.63) is 16.1 Å². The Hall–Kier alpha value is -1.43. The zero-order valence-electron chi connectivity index (χ0n) is 10.1. The topological polar surface area (TPSA) is 79.3 Å². The number of hydrogen-bond donors (Lipinski definition) is 2. The van der Waals surface area contributed by atoms with Crippen LogP contribution in [0.4, 0.5) is 0 Å². The van der Waals surface area contributed by atoms with Gasteiger partial charge in [-0.05, 0) is 12.8 Å². The molecule has 1 unspecified atom stereocenters. The summed E-state index contributed by atoms with van der Waals surface area (Å²) in [5.41, 5.74) is 2.20. The summed E-state index contributed by atoms with van der Waals surface area (Å²) < 4.78 is 0. The second-order valence-electron chi connectivity index (χ2n) is 3.94. The lowest BCUT2D eigenvalue weighted by Gasteiger charge is -2.19. The van der Waals surface area contributed by atoms with Crippen LogP contribution in [0.3, 0.4) is 0 Å². The fraction of sp³-hybridized carbons (Fsp3) is 0.545. The van der Waals surface area contributed by atoms with E-state index in [1.165, 1.54) is 11.3 Å². The van der Waals surface area contributed by atoms with Crippen LogP contribution in [0.5, 0.6) is 0 Å². The molecule has 1 rings (SSSR count). The van der Waals surface area contributed by atoms with E-state index in [0.717, 1.165) is 0 Å². The van der Waals surface area contributed by atoms with Crippen LogP contribution in [0, 0.1) is 12.8 Å². The Bertz CT molecular complexity index is 417. The van der Waals surface area contributed by atoms with Crippen LogP contribution in [0.25, 0.3) is 0 Å². The molecule has 94 valence electrons. The van der Waals surface area contributed by atoms with E-state index in [2.05, 4.69) is 10.3 Å². The summed E-state index contributed by atoms with van der Waals surface area (Å²) in [6.45, 7) is 5.42. The predicted octanol–water partition coefficient (Wildman–Crippen LogP) is 1.68. The van der Waals surface area contributed by atoms with Gasteiger partial charge in [-0.1, -0.05) is 20.3 Å². The number of rotatable bonds is 5. The van der Waals surface area contributed by atoms with E-state index in [-0.39, 0.29) is 11.8 Å². The number of carbonyl (C=O) groups is 2. The number of nitrogens with one attached hydrogen (secondary N) is 1. The highest BCUT2D eigenvalue weighted by Gasteiger charge is 2.26. The Balaban J connectivity index is 2.78. The molecule has 0 radical (unpaired) electrons. The monoisotopic (exact) mass is 256 g/mol. The van der Waals surface area contributed by atoms with Gasteiger partial charge in [0.05, 0.1) is 11.2 Å². The maximum absolute atomic E-state index is 11.9. The number of aryl methyl sites for hydroxylation is 1. The molecule has 1 heterocycles. The molecule has 0 saturated heterocycles. The number of carbonyl (C=O) groups excluding carboxylic acids is 1. The lowest BCUT2D eigenvalue weighted by Crippen LogP contribution is -2.44. The largest absolute Gasteiger partial charge is 0.480 e. The molecule has 5 nitrogen and oxygen atoms in total. The molecule has 0 saturated carbocycles. The fourth-order valence-corrected chi connectivity index (χ4v) is 2.12. The SMILES string of the molecule is CCC(C)[C@H](NC(=O)c1scnc1C)C(=O)O. The number of carboxylic acids is 1.